The van der Waals surface area contributed by atoms with E-state index in [0.717, 1.165) is 11.4 Å². The molecule has 1 unspecified atom stereocenters. The number of para-hydroxylation sites is 1. The zero-order chi connectivity index (χ0) is 13.2. The molecule has 18 heavy (non-hydrogen) atoms. The lowest BCUT2D eigenvalue weighted by Crippen LogP contribution is -2.54. The Balaban J connectivity index is 2.25. The van der Waals surface area contributed by atoms with E-state index in [1.165, 1.54) is 0 Å². The van der Waals surface area contributed by atoms with Crippen LogP contribution in [-0.2, 0) is 4.79 Å². The number of carboxylic acids is 1. The third kappa shape index (κ3) is 2.80. The Morgan fingerprint density at radius 2 is 1.94 bits per heavy atom. The smallest absolute Gasteiger partial charge is 0.330 e. The van der Waals surface area contributed by atoms with Crippen LogP contribution in [0.5, 0.6) is 0 Å². The molecule has 0 radical (unpaired) electrons. The van der Waals surface area contributed by atoms with Crippen LogP contribution in [0.2, 0.25) is 0 Å². The van der Waals surface area contributed by atoms with Gasteiger partial charge in [0.05, 0.1) is 0 Å². The Kier molecular flexibility index (Phi) is 3.57. The summed E-state index contributed by atoms with van der Waals surface area (Å²) in [4.78, 5) is 11.7. The second kappa shape index (κ2) is 4.84. The fraction of sp³-hybridized carbons (Fsp3) is 0.500. The van der Waals surface area contributed by atoms with Crippen LogP contribution in [0.3, 0.4) is 0 Å². The van der Waals surface area contributed by atoms with Crippen molar-refractivity contribution in [2.75, 3.05) is 16.8 Å². The molecule has 2 N–H and O–H groups in total. The summed E-state index contributed by atoms with van der Waals surface area (Å²) in [7, 11) is 0. The van der Waals surface area contributed by atoms with E-state index in [0.29, 0.717) is 12.2 Å². The highest BCUT2D eigenvalue weighted by Gasteiger charge is 2.46. The van der Waals surface area contributed by atoms with Crippen LogP contribution < -0.4 is 5.32 Å². The minimum absolute atomic E-state index is 0.0447. The molecule has 1 saturated heterocycles. The lowest BCUT2D eigenvalue weighted by molar-refractivity contribution is -0.142. The Morgan fingerprint density at radius 3 is 2.50 bits per heavy atom. The summed E-state index contributed by atoms with van der Waals surface area (Å²) in [5.74, 6) is 0.866. The second-order valence-corrected chi connectivity index (χ2v) is 6.70. The first-order valence-electron chi connectivity index (χ1n) is 6.08. The van der Waals surface area contributed by atoms with Gasteiger partial charge in [0.25, 0.3) is 0 Å². The normalized spacial score (nSPS) is 26.6. The predicted molar refractivity (Wildman–Crippen MR) is 76.2 cm³/mol. The standard InChI is InChI=1S/C14H19NO2S/c1-13(2)8-14(12(16)17,10-18-9-13)15-11-6-4-3-5-7-11/h3-7,15H,8-10H2,1-2H3,(H,16,17). The van der Waals surface area contributed by atoms with Gasteiger partial charge in [-0.2, -0.15) is 11.8 Å². The van der Waals surface area contributed by atoms with Crippen LogP contribution >= 0.6 is 11.8 Å². The second-order valence-electron chi connectivity index (χ2n) is 5.71. The van der Waals surface area contributed by atoms with E-state index in [1.807, 2.05) is 30.3 Å². The number of thioether (sulfide) groups is 1. The molecule has 0 aliphatic carbocycles. The molecule has 1 fully saturated rings. The molecular formula is C14H19NO2S. The highest BCUT2D eigenvalue weighted by atomic mass is 32.2. The van der Waals surface area contributed by atoms with Gasteiger partial charge in [0.15, 0.2) is 0 Å². The first-order valence-corrected chi connectivity index (χ1v) is 7.23. The van der Waals surface area contributed by atoms with Gasteiger partial charge in [-0.25, -0.2) is 4.79 Å². The highest BCUT2D eigenvalue weighted by molar-refractivity contribution is 7.99. The largest absolute Gasteiger partial charge is 0.479 e. The van der Waals surface area contributed by atoms with E-state index >= 15 is 0 Å². The van der Waals surface area contributed by atoms with Crippen LogP contribution in [0.1, 0.15) is 20.3 Å². The van der Waals surface area contributed by atoms with Crippen LogP contribution in [0.15, 0.2) is 30.3 Å². The summed E-state index contributed by atoms with van der Waals surface area (Å²) in [5, 5.41) is 12.8. The quantitative estimate of drug-likeness (QED) is 0.881. The summed E-state index contributed by atoms with van der Waals surface area (Å²) < 4.78 is 0. The van der Waals surface area contributed by atoms with E-state index in [2.05, 4.69) is 19.2 Å². The number of hydrogen-bond donors (Lipinski definition) is 2. The third-order valence-electron chi connectivity index (χ3n) is 3.19. The molecule has 0 bridgehead atoms. The number of carbonyl (C=O) groups is 1. The van der Waals surface area contributed by atoms with Crippen LogP contribution in [0.25, 0.3) is 0 Å². The van der Waals surface area contributed by atoms with Crippen molar-refractivity contribution in [2.24, 2.45) is 5.41 Å². The van der Waals surface area contributed by atoms with Crippen molar-refractivity contribution in [1.82, 2.24) is 0 Å². The Morgan fingerprint density at radius 1 is 1.28 bits per heavy atom. The SMILES string of the molecule is CC1(C)CSCC(Nc2ccccc2)(C(=O)O)C1. The van der Waals surface area contributed by atoms with Crippen molar-refractivity contribution < 1.29 is 9.90 Å². The Bertz CT molecular complexity index is 433. The van der Waals surface area contributed by atoms with Gasteiger partial charge in [-0.15, -0.1) is 0 Å². The molecule has 2 rings (SSSR count). The molecule has 1 heterocycles. The van der Waals surface area contributed by atoms with Crippen molar-refractivity contribution in [3.8, 4) is 0 Å². The van der Waals surface area contributed by atoms with Crippen LogP contribution in [-0.4, -0.2) is 28.1 Å². The monoisotopic (exact) mass is 265 g/mol. The van der Waals surface area contributed by atoms with Crippen molar-refractivity contribution in [2.45, 2.75) is 25.8 Å². The number of nitrogens with one attached hydrogen (secondary N) is 1. The molecule has 1 aliphatic rings. The summed E-state index contributed by atoms with van der Waals surface area (Å²) in [6.07, 6.45) is 0.650. The van der Waals surface area contributed by atoms with Gasteiger partial charge < -0.3 is 10.4 Å². The van der Waals surface area contributed by atoms with Crippen LogP contribution in [0.4, 0.5) is 5.69 Å². The lowest BCUT2D eigenvalue weighted by atomic mass is 9.79. The molecule has 1 aliphatic heterocycles. The Hall–Kier alpha value is -1.16. The van der Waals surface area contributed by atoms with Gasteiger partial charge in [-0.3, -0.25) is 0 Å². The number of rotatable bonds is 3. The average Bonchev–Trinajstić information content (AvgIpc) is 2.28. The topological polar surface area (TPSA) is 49.3 Å². The summed E-state index contributed by atoms with van der Waals surface area (Å²) in [6, 6.07) is 9.59. The zero-order valence-corrected chi connectivity index (χ0v) is 11.6. The minimum Gasteiger partial charge on any atom is -0.479 e. The average molecular weight is 265 g/mol. The molecule has 1 aromatic carbocycles. The number of aliphatic carboxylic acids is 1. The molecule has 4 heteroatoms. The van der Waals surface area contributed by atoms with Crippen molar-refractivity contribution in [3.63, 3.8) is 0 Å². The lowest BCUT2D eigenvalue weighted by Gasteiger charge is -2.42. The predicted octanol–water partition coefficient (Wildman–Crippen LogP) is 3.09. The fourth-order valence-corrected chi connectivity index (χ4v) is 3.89. The number of benzene rings is 1. The van der Waals surface area contributed by atoms with Gasteiger partial charge in [0.1, 0.15) is 5.54 Å². The summed E-state index contributed by atoms with van der Waals surface area (Å²) in [6.45, 7) is 4.26. The van der Waals surface area contributed by atoms with Crippen molar-refractivity contribution in [1.29, 1.82) is 0 Å². The molecule has 3 nitrogen and oxygen atoms in total. The summed E-state index contributed by atoms with van der Waals surface area (Å²) in [5.41, 5.74) is 0.0647. The molecule has 1 atom stereocenters. The Labute approximate surface area is 112 Å². The fourth-order valence-electron chi connectivity index (χ4n) is 2.49. The molecule has 0 amide bonds. The number of carboxylic acid groups (broad SMARTS) is 1. The van der Waals surface area contributed by atoms with Crippen molar-refractivity contribution in [3.05, 3.63) is 30.3 Å². The van der Waals surface area contributed by atoms with E-state index in [1.54, 1.807) is 11.8 Å². The maximum Gasteiger partial charge on any atom is 0.330 e. The van der Waals surface area contributed by atoms with E-state index < -0.39 is 11.5 Å². The minimum atomic E-state index is -0.853. The molecule has 1 aromatic rings. The molecule has 98 valence electrons. The van der Waals surface area contributed by atoms with Gasteiger partial charge in [-0.1, -0.05) is 32.0 Å². The molecule has 0 aromatic heterocycles. The van der Waals surface area contributed by atoms with Gasteiger partial charge in [-0.05, 0) is 29.7 Å². The van der Waals surface area contributed by atoms with E-state index in [4.69, 9.17) is 0 Å². The first kappa shape index (κ1) is 13.3. The van der Waals surface area contributed by atoms with E-state index in [9.17, 15) is 9.90 Å². The first-order chi connectivity index (χ1) is 8.44. The van der Waals surface area contributed by atoms with Gasteiger partial charge in [0, 0.05) is 11.4 Å². The van der Waals surface area contributed by atoms with E-state index in [-0.39, 0.29) is 5.41 Å². The number of anilines is 1. The zero-order valence-electron chi connectivity index (χ0n) is 10.8. The summed E-state index contributed by atoms with van der Waals surface area (Å²) >= 11 is 1.71. The molecule has 0 saturated carbocycles. The van der Waals surface area contributed by atoms with Crippen LogP contribution in [0, 0.1) is 5.41 Å². The molecular weight excluding hydrogens is 246 g/mol. The number of hydrogen-bond acceptors (Lipinski definition) is 3. The maximum atomic E-state index is 11.7. The van der Waals surface area contributed by atoms with Gasteiger partial charge >= 0.3 is 5.97 Å². The maximum absolute atomic E-state index is 11.7. The molecule has 0 spiro atoms. The highest BCUT2D eigenvalue weighted by Crippen LogP contribution is 2.41. The van der Waals surface area contributed by atoms with Crippen molar-refractivity contribution >= 4 is 23.4 Å². The third-order valence-corrected chi connectivity index (χ3v) is 4.87. The van der Waals surface area contributed by atoms with Gasteiger partial charge in [0.2, 0.25) is 0 Å².